The van der Waals surface area contributed by atoms with Gasteiger partial charge in [0.25, 0.3) is 0 Å². The molecule has 6 atom stereocenters. The topological polar surface area (TPSA) is 75.6 Å². The predicted octanol–water partition coefficient (Wildman–Crippen LogP) is 4.68. The van der Waals surface area contributed by atoms with Crippen molar-refractivity contribution in [3.8, 4) is 0 Å². The molecular formula is C32H38O7. The maximum atomic E-state index is 11.2. The molecule has 0 radical (unpaired) electrons. The van der Waals surface area contributed by atoms with E-state index in [0.717, 1.165) is 16.7 Å². The van der Waals surface area contributed by atoms with Crippen molar-refractivity contribution in [1.29, 1.82) is 0 Å². The van der Waals surface area contributed by atoms with E-state index in [0.29, 0.717) is 26.4 Å². The van der Waals surface area contributed by atoms with E-state index in [9.17, 15) is 5.11 Å². The molecule has 0 aliphatic carbocycles. The van der Waals surface area contributed by atoms with E-state index >= 15 is 0 Å². The van der Waals surface area contributed by atoms with Crippen LogP contribution in [0.2, 0.25) is 0 Å². The molecule has 7 nitrogen and oxygen atoms in total. The summed E-state index contributed by atoms with van der Waals surface area (Å²) in [5.41, 5.74) is 3.01. The molecule has 0 spiro atoms. The Morgan fingerprint density at radius 2 is 1.21 bits per heavy atom. The Hall–Kier alpha value is -2.88. The van der Waals surface area contributed by atoms with Crippen LogP contribution in [-0.2, 0) is 48.2 Å². The lowest BCUT2D eigenvalue weighted by molar-refractivity contribution is -0.331. The van der Waals surface area contributed by atoms with E-state index in [-0.39, 0.29) is 6.61 Å². The van der Waals surface area contributed by atoms with Gasteiger partial charge < -0.3 is 33.5 Å². The quantitative estimate of drug-likeness (QED) is 0.224. The van der Waals surface area contributed by atoms with E-state index in [1.165, 1.54) is 0 Å². The van der Waals surface area contributed by atoms with E-state index in [4.69, 9.17) is 28.4 Å². The molecule has 1 heterocycles. The first-order valence-electron chi connectivity index (χ1n) is 13.2. The van der Waals surface area contributed by atoms with Gasteiger partial charge in [-0.05, 0) is 16.7 Å². The summed E-state index contributed by atoms with van der Waals surface area (Å²) in [7, 11) is 1.56. The number of methoxy groups -OCH3 is 1. The van der Waals surface area contributed by atoms with Gasteiger partial charge in [0, 0.05) is 7.11 Å². The van der Waals surface area contributed by atoms with Crippen molar-refractivity contribution < 1.29 is 33.5 Å². The van der Waals surface area contributed by atoms with Crippen LogP contribution in [0.25, 0.3) is 0 Å². The third-order valence-corrected chi connectivity index (χ3v) is 6.52. The van der Waals surface area contributed by atoms with Crippen LogP contribution in [0, 0.1) is 0 Å². The first-order chi connectivity index (χ1) is 19.2. The second kappa shape index (κ2) is 15.6. The SMILES string of the molecule is C=CCOC[C@@H](O)[C@H]1O[C@H](OC)[C@H](OCc2ccccc2)[C@@H](OCc2ccccc2)[C@H]1OCc1ccccc1. The molecule has 1 aliphatic rings. The van der Waals surface area contributed by atoms with Crippen LogP contribution < -0.4 is 0 Å². The lowest BCUT2D eigenvalue weighted by Gasteiger charge is -2.46. The minimum Gasteiger partial charge on any atom is -0.388 e. The average molecular weight is 535 g/mol. The zero-order valence-corrected chi connectivity index (χ0v) is 22.3. The maximum absolute atomic E-state index is 11.2. The lowest BCUT2D eigenvalue weighted by atomic mass is 9.94. The third kappa shape index (κ3) is 8.55. The summed E-state index contributed by atoms with van der Waals surface area (Å²) in [6.45, 7) is 4.99. The zero-order valence-electron chi connectivity index (χ0n) is 22.3. The maximum Gasteiger partial charge on any atom is 0.186 e. The van der Waals surface area contributed by atoms with Crippen LogP contribution in [0.1, 0.15) is 16.7 Å². The largest absolute Gasteiger partial charge is 0.388 e. The molecule has 39 heavy (non-hydrogen) atoms. The van der Waals surface area contributed by atoms with Crippen molar-refractivity contribution >= 4 is 0 Å². The van der Waals surface area contributed by atoms with E-state index in [1.807, 2.05) is 91.0 Å². The van der Waals surface area contributed by atoms with Gasteiger partial charge in [0.1, 0.15) is 30.5 Å². The minimum absolute atomic E-state index is 0.0409. The van der Waals surface area contributed by atoms with E-state index in [2.05, 4.69) is 6.58 Å². The molecule has 4 rings (SSSR count). The normalized spacial score (nSPS) is 23.8. The molecule has 3 aromatic carbocycles. The van der Waals surface area contributed by atoms with Crippen LogP contribution in [0.5, 0.6) is 0 Å². The van der Waals surface area contributed by atoms with Crippen molar-refractivity contribution in [2.75, 3.05) is 20.3 Å². The number of hydrogen-bond donors (Lipinski definition) is 1. The van der Waals surface area contributed by atoms with Crippen molar-refractivity contribution in [3.63, 3.8) is 0 Å². The second-order valence-electron chi connectivity index (χ2n) is 9.38. The standard InChI is InChI=1S/C32H38O7/c1-3-19-35-23-27(33)28-29(36-20-24-13-7-4-8-14-24)30(37-21-25-15-9-5-10-16-25)31(32(34-2)39-28)38-22-26-17-11-6-12-18-26/h3-18,27-33H,1,19-23H2,2H3/t27-,28-,29+,30+,31-,32+/m1/s1. The number of ether oxygens (including phenoxy) is 6. The Bertz CT molecular complexity index is 1080. The van der Waals surface area contributed by atoms with Gasteiger partial charge in [-0.1, -0.05) is 97.1 Å². The van der Waals surface area contributed by atoms with Gasteiger partial charge in [0.15, 0.2) is 6.29 Å². The van der Waals surface area contributed by atoms with Gasteiger partial charge >= 0.3 is 0 Å². The molecule has 0 unspecified atom stereocenters. The van der Waals surface area contributed by atoms with E-state index in [1.54, 1.807) is 13.2 Å². The Morgan fingerprint density at radius 1 is 0.744 bits per heavy atom. The number of aliphatic hydroxyl groups is 1. The second-order valence-corrected chi connectivity index (χ2v) is 9.38. The molecule has 0 bridgehead atoms. The first kappa shape index (κ1) is 29.1. The van der Waals surface area contributed by atoms with Gasteiger partial charge in [-0.3, -0.25) is 0 Å². The fraction of sp³-hybridized carbons (Fsp3) is 0.375. The smallest absolute Gasteiger partial charge is 0.186 e. The molecule has 1 saturated heterocycles. The number of aliphatic hydroxyl groups excluding tert-OH is 1. The summed E-state index contributed by atoms with van der Waals surface area (Å²) in [6.07, 6.45) is -2.88. The Labute approximate surface area is 230 Å². The van der Waals surface area contributed by atoms with Crippen LogP contribution in [0.15, 0.2) is 104 Å². The predicted molar refractivity (Wildman–Crippen MR) is 148 cm³/mol. The van der Waals surface area contributed by atoms with Gasteiger partial charge in [0.2, 0.25) is 0 Å². The van der Waals surface area contributed by atoms with Crippen molar-refractivity contribution in [2.24, 2.45) is 0 Å². The fourth-order valence-corrected chi connectivity index (χ4v) is 4.56. The molecular weight excluding hydrogens is 496 g/mol. The lowest BCUT2D eigenvalue weighted by Crippen LogP contribution is -2.63. The summed E-state index contributed by atoms with van der Waals surface area (Å²) in [4.78, 5) is 0. The summed E-state index contributed by atoms with van der Waals surface area (Å²) >= 11 is 0. The summed E-state index contributed by atoms with van der Waals surface area (Å²) in [5.74, 6) is 0. The Morgan fingerprint density at radius 3 is 1.67 bits per heavy atom. The summed E-state index contributed by atoms with van der Waals surface area (Å²) in [5, 5.41) is 11.2. The van der Waals surface area contributed by atoms with Crippen molar-refractivity contribution in [2.45, 2.75) is 56.6 Å². The average Bonchev–Trinajstić information content (AvgIpc) is 2.99. The van der Waals surface area contributed by atoms with Crippen molar-refractivity contribution in [1.82, 2.24) is 0 Å². The van der Waals surface area contributed by atoms with Crippen LogP contribution in [0.3, 0.4) is 0 Å². The van der Waals surface area contributed by atoms with Gasteiger partial charge in [-0.15, -0.1) is 6.58 Å². The Balaban J connectivity index is 1.61. The van der Waals surface area contributed by atoms with Gasteiger partial charge in [-0.2, -0.15) is 0 Å². The number of benzene rings is 3. The fourth-order valence-electron chi connectivity index (χ4n) is 4.56. The van der Waals surface area contributed by atoms with Crippen LogP contribution in [0.4, 0.5) is 0 Å². The first-order valence-corrected chi connectivity index (χ1v) is 13.2. The van der Waals surface area contributed by atoms with E-state index < -0.39 is 36.8 Å². The van der Waals surface area contributed by atoms with Gasteiger partial charge in [-0.25, -0.2) is 0 Å². The molecule has 0 amide bonds. The number of hydrogen-bond acceptors (Lipinski definition) is 7. The van der Waals surface area contributed by atoms with Crippen molar-refractivity contribution in [3.05, 3.63) is 120 Å². The highest BCUT2D eigenvalue weighted by molar-refractivity contribution is 5.15. The van der Waals surface area contributed by atoms with Gasteiger partial charge in [0.05, 0.1) is 33.0 Å². The molecule has 3 aromatic rings. The highest BCUT2D eigenvalue weighted by Crippen LogP contribution is 2.32. The molecule has 208 valence electrons. The summed E-state index contributed by atoms with van der Waals surface area (Å²) < 4.78 is 37.0. The highest BCUT2D eigenvalue weighted by atomic mass is 16.7. The zero-order chi connectivity index (χ0) is 27.3. The van der Waals surface area contributed by atoms with Crippen LogP contribution in [-0.4, -0.2) is 62.2 Å². The molecule has 1 fully saturated rings. The highest BCUT2D eigenvalue weighted by Gasteiger charge is 2.50. The van der Waals surface area contributed by atoms with Crippen LogP contribution >= 0.6 is 0 Å². The Kier molecular flexibility index (Phi) is 11.7. The third-order valence-electron chi connectivity index (χ3n) is 6.52. The minimum atomic E-state index is -0.999. The number of rotatable bonds is 15. The molecule has 1 aliphatic heterocycles. The molecule has 0 saturated carbocycles. The molecule has 7 heteroatoms. The monoisotopic (exact) mass is 534 g/mol. The summed E-state index contributed by atoms with van der Waals surface area (Å²) in [6, 6.07) is 29.7. The molecule has 1 N–H and O–H groups in total. The molecule has 0 aromatic heterocycles.